The second-order valence-electron chi connectivity index (χ2n) is 8.56. The number of methoxy groups -OCH3 is 1. The monoisotopic (exact) mass is 442 g/mol. The van der Waals surface area contributed by atoms with Crippen molar-refractivity contribution in [2.45, 2.75) is 45.3 Å². The van der Waals surface area contributed by atoms with Crippen molar-refractivity contribution in [1.29, 1.82) is 0 Å². The first-order valence-corrected chi connectivity index (χ1v) is 10.5. The lowest BCUT2D eigenvalue weighted by atomic mass is 10.1. The van der Waals surface area contributed by atoms with Crippen LogP contribution in [0.3, 0.4) is 0 Å². The van der Waals surface area contributed by atoms with Crippen molar-refractivity contribution in [3.63, 3.8) is 0 Å². The molecule has 0 unspecified atom stereocenters. The summed E-state index contributed by atoms with van der Waals surface area (Å²) >= 11 is 0. The van der Waals surface area contributed by atoms with Gasteiger partial charge in [-0.2, -0.15) is 4.98 Å². The van der Waals surface area contributed by atoms with E-state index in [1.54, 1.807) is 31.4 Å². The number of piperidine rings is 1. The summed E-state index contributed by atoms with van der Waals surface area (Å²) in [4.78, 5) is 35.1. The Balaban J connectivity index is 1.56. The van der Waals surface area contributed by atoms with E-state index in [1.807, 2.05) is 25.7 Å². The lowest BCUT2D eigenvalue weighted by molar-refractivity contribution is 0.0497. The average Bonchev–Trinajstić information content (AvgIpc) is 2.73. The first-order chi connectivity index (χ1) is 15.1. The number of nitrogens with zero attached hydrogens (tertiary/aromatic N) is 3. The van der Waals surface area contributed by atoms with Gasteiger partial charge < -0.3 is 30.7 Å². The van der Waals surface area contributed by atoms with Crippen molar-refractivity contribution in [2.24, 2.45) is 0 Å². The number of nitrogen functional groups attached to an aromatic ring is 1. The van der Waals surface area contributed by atoms with Gasteiger partial charge in [-0.3, -0.25) is 4.79 Å². The number of amides is 2. The standard InChI is InChI=1S/C22H30N6O4/c1-22(2,3)32-21(30)26-15-9-11-28(12-10-15)20-24-13-17(18(23)27-20)19(29)25-14-5-7-16(31-4)8-6-14/h5-8,13,15H,9-12H2,1-4H3,(H,25,29)(H,26,30)(H2,23,24,27). The zero-order valence-corrected chi connectivity index (χ0v) is 18.8. The molecule has 1 aromatic heterocycles. The minimum Gasteiger partial charge on any atom is -0.497 e. The molecule has 32 heavy (non-hydrogen) atoms. The molecule has 4 N–H and O–H groups in total. The molecule has 2 amide bonds. The molecule has 1 saturated heterocycles. The number of hydrogen-bond donors (Lipinski definition) is 3. The number of nitrogens with two attached hydrogens (primary N) is 1. The molecular formula is C22H30N6O4. The first-order valence-electron chi connectivity index (χ1n) is 10.5. The first kappa shape index (κ1) is 23.1. The molecule has 0 aliphatic carbocycles. The molecular weight excluding hydrogens is 412 g/mol. The largest absolute Gasteiger partial charge is 0.497 e. The maximum Gasteiger partial charge on any atom is 0.407 e. The number of alkyl carbamates (subject to hydrolysis) is 1. The van der Waals surface area contributed by atoms with E-state index >= 15 is 0 Å². The number of carbonyl (C=O) groups excluding carboxylic acids is 2. The van der Waals surface area contributed by atoms with E-state index < -0.39 is 11.7 Å². The zero-order valence-electron chi connectivity index (χ0n) is 18.8. The average molecular weight is 443 g/mol. The summed E-state index contributed by atoms with van der Waals surface area (Å²) < 4.78 is 10.4. The fourth-order valence-corrected chi connectivity index (χ4v) is 3.28. The predicted molar refractivity (Wildman–Crippen MR) is 122 cm³/mol. The van der Waals surface area contributed by atoms with Crippen molar-refractivity contribution in [2.75, 3.05) is 36.1 Å². The predicted octanol–water partition coefficient (Wildman–Crippen LogP) is 2.81. The Bertz CT molecular complexity index is 950. The third-order valence-corrected chi connectivity index (χ3v) is 4.90. The number of anilines is 3. The number of aromatic nitrogens is 2. The highest BCUT2D eigenvalue weighted by atomic mass is 16.6. The third kappa shape index (κ3) is 6.22. The molecule has 2 aromatic rings. The SMILES string of the molecule is COc1ccc(NC(=O)c2cnc(N3CCC(NC(=O)OC(C)(C)C)CC3)nc2N)cc1. The molecule has 3 rings (SSSR count). The van der Waals surface area contributed by atoms with Gasteiger partial charge in [0.15, 0.2) is 0 Å². The van der Waals surface area contributed by atoms with Crippen LogP contribution >= 0.6 is 0 Å². The van der Waals surface area contributed by atoms with Crippen molar-refractivity contribution in [3.05, 3.63) is 36.0 Å². The second-order valence-corrected chi connectivity index (χ2v) is 8.56. The molecule has 0 saturated carbocycles. The Morgan fingerprint density at radius 3 is 2.38 bits per heavy atom. The minimum atomic E-state index is -0.530. The molecule has 0 radical (unpaired) electrons. The maximum atomic E-state index is 12.6. The molecule has 1 aliphatic rings. The highest BCUT2D eigenvalue weighted by Crippen LogP contribution is 2.21. The van der Waals surface area contributed by atoms with Crippen LogP contribution in [0.5, 0.6) is 5.75 Å². The van der Waals surface area contributed by atoms with Crippen molar-refractivity contribution in [3.8, 4) is 5.75 Å². The van der Waals surface area contributed by atoms with Crippen LogP contribution in [0.25, 0.3) is 0 Å². The van der Waals surface area contributed by atoms with Gasteiger partial charge in [0, 0.05) is 31.0 Å². The fraction of sp³-hybridized carbons (Fsp3) is 0.455. The van der Waals surface area contributed by atoms with Gasteiger partial charge in [-0.25, -0.2) is 9.78 Å². The summed E-state index contributed by atoms with van der Waals surface area (Å²) in [5, 5.41) is 5.67. The van der Waals surface area contributed by atoms with Gasteiger partial charge in [-0.05, 0) is 57.9 Å². The van der Waals surface area contributed by atoms with E-state index in [0.29, 0.717) is 30.5 Å². The quantitative estimate of drug-likeness (QED) is 0.644. The summed E-state index contributed by atoms with van der Waals surface area (Å²) in [7, 11) is 1.58. The minimum absolute atomic E-state index is 0.0213. The van der Waals surface area contributed by atoms with E-state index in [4.69, 9.17) is 15.2 Å². The molecule has 2 heterocycles. The van der Waals surface area contributed by atoms with Crippen LogP contribution in [0.2, 0.25) is 0 Å². The van der Waals surface area contributed by atoms with Gasteiger partial charge in [-0.15, -0.1) is 0 Å². The van der Waals surface area contributed by atoms with Crippen LogP contribution in [0, 0.1) is 0 Å². The smallest absolute Gasteiger partial charge is 0.407 e. The summed E-state index contributed by atoms with van der Waals surface area (Å²) in [6.45, 7) is 6.79. The fourth-order valence-electron chi connectivity index (χ4n) is 3.28. The number of hydrogen-bond acceptors (Lipinski definition) is 8. The van der Waals surface area contributed by atoms with Crippen molar-refractivity contribution < 1.29 is 19.1 Å². The van der Waals surface area contributed by atoms with E-state index in [-0.39, 0.29) is 23.3 Å². The molecule has 1 aliphatic heterocycles. The van der Waals surface area contributed by atoms with Crippen LogP contribution in [0.4, 0.5) is 22.2 Å². The van der Waals surface area contributed by atoms with Gasteiger partial charge in [-0.1, -0.05) is 0 Å². The topological polar surface area (TPSA) is 132 Å². The van der Waals surface area contributed by atoms with Gasteiger partial charge in [0.1, 0.15) is 22.7 Å². The van der Waals surface area contributed by atoms with Crippen LogP contribution in [0.15, 0.2) is 30.5 Å². The normalized spacial score (nSPS) is 14.6. The Kier molecular flexibility index (Phi) is 7.01. The summed E-state index contributed by atoms with van der Waals surface area (Å²) in [6.07, 6.45) is 2.47. The molecule has 0 spiro atoms. The van der Waals surface area contributed by atoms with E-state index in [2.05, 4.69) is 20.6 Å². The molecule has 0 atom stereocenters. The van der Waals surface area contributed by atoms with E-state index in [1.165, 1.54) is 6.20 Å². The van der Waals surface area contributed by atoms with Crippen LogP contribution in [-0.4, -0.2) is 53.8 Å². The maximum absolute atomic E-state index is 12.6. The third-order valence-electron chi connectivity index (χ3n) is 4.90. The number of carbonyl (C=O) groups is 2. The van der Waals surface area contributed by atoms with Crippen LogP contribution < -0.4 is 26.0 Å². The number of ether oxygens (including phenoxy) is 2. The van der Waals surface area contributed by atoms with Gasteiger partial charge >= 0.3 is 6.09 Å². The Hall–Kier alpha value is -3.56. The zero-order chi connectivity index (χ0) is 23.3. The number of nitrogens with one attached hydrogen (secondary N) is 2. The van der Waals surface area contributed by atoms with E-state index in [0.717, 1.165) is 12.8 Å². The molecule has 10 nitrogen and oxygen atoms in total. The van der Waals surface area contributed by atoms with Crippen LogP contribution in [-0.2, 0) is 4.74 Å². The molecule has 172 valence electrons. The highest BCUT2D eigenvalue weighted by molar-refractivity contribution is 6.07. The van der Waals surface area contributed by atoms with Crippen molar-refractivity contribution >= 4 is 29.5 Å². The lowest BCUT2D eigenvalue weighted by Gasteiger charge is -2.32. The molecule has 1 fully saturated rings. The molecule has 1 aromatic carbocycles. The second kappa shape index (κ2) is 9.71. The Labute approximate surface area is 187 Å². The lowest BCUT2D eigenvalue weighted by Crippen LogP contribution is -2.46. The summed E-state index contributed by atoms with van der Waals surface area (Å²) in [5.41, 5.74) is 6.33. The molecule has 10 heteroatoms. The van der Waals surface area contributed by atoms with Gasteiger partial charge in [0.05, 0.1) is 7.11 Å². The van der Waals surface area contributed by atoms with Gasteiger partial charge in [0.2, 0.25) is 5.95 Å². The highest BCUT2D eigenvalue weighted by Gasteiger charge is 2.25. The molecule has 0 bridgehead atoms. The number of benzene rings is 1. The summed E-state index contributed by atoms with van der Waals surface area (Å²) in [5.74, 6) is 0.869. The summed E-state index contributed by atoms with van der Waals surface area (Å²) in [6, 6.07) is 6.99. The van der Waals surface area contributed by atoms with Crippen molar-refractivity contribution in [1.82, 2.24) is 15.3 Å². The van der Waals surface area contributed by atoms with E-state index in [9.17, 15) is 9.59 Å². The number of rotatable bonds is 5. The van der Waals surface area contributed by atoms with Crippen LogP contribution in [0.1, 0.15) is 44.0 Å². The van der Waals surface area contributed by atoms with Gasteiger partial charge in [0.25, 0.3) is 5.91 Å². The Morgan fingerprint density at radius 1 is 1.16 bits per heavy atom. The Morgan fingerprint density at radius 2 is 1.81 bits per heavy atom.